The van der Waals surface area contributed by atoms with Crippen LogP contribution in [0.1, 0.15) is 39.8 Å². The summed E-state index contributed by atoms with van der Waals surface area (Å²) in [6.07, 6.45) is 2.30. The van der Waals surface area contributed by atoms with E-state index in [9.17, 15) is 9.59 Å². The maximum Gasteiger partial charge on any atom is 0.246 e. The van der Waals surface area contributed by atoms with Crippen molar-refractivity contribution in [1.29, 1.82) is 0 Å². The summed E-state index contributed by atoms with van der Waals surface area (Å²) in [4.78, 5) is 31.0. The van der Waals surface area contributed by atoms with E-state index in [1.165, 1.54) is 0 Å². The van der Waals surface area contributed by atoms with Crippen LogP contribution in [0.25, 0.3) is 0 Å². The Labute approximate surface area is 125 Å². The number of pyridine rings is 1. The average molecular weight is 289 g/mol. The van der Waals surface area contributed by atoms with Gasteiger partial charge in [0.1, 0.15) is 12.1 Å². The fourth-order valence-electron chi connectivity index (χ4n) is 2.61. The third kappa shape index (κ3) is 3.23. The van der Waals surface area contributed by atoms with Crippen molar-refractivity contribution < 1.29 is 9.59 Å². The molecule has 1 saturated heterocycles. The number of rotatable bonds is 3. The minimum Gasteiger partial charge on any atom is -0.342 e. The molecule has 0 bridgehead atoms. The number of carbonyl (C=O) groups excluding carboxylic acids is 2. The molecule has 1 N–H and O–H groups in total. The molecule has 0 aliphatic carbocycles. The molecule has 5 heteroatoms. The van der Waals surface area contributed by atoms with Crippen LogP contribution in [0, 0.1) is 5.41 Å². The molecule has 2 heterocycles. The quantitative estimate of drug-likeness (QED) is 0.922. The second-order valence-electron chi connectivity index (χ2n) is 6.52. The van der Waals surface area contributed by atoms with Gasteiger partial charge in [-0.3, -0.25) is 14.6 Å². The summed E-state index contributed by atoms with van der Waals surface area (Å²) >= 11 is 0. The predicted octanol–water partition coefficient (Wildman–Crippen LogP) is 1.73. The first-order valence-corrected chi connectivity index (χ1v) is 7.35. The first-order valence-electron chi connectivity index (χ1n) is 7.35. The molecule has 0 radical (unpaired) electrons. The molecule has 5 nitrogen and oxygen atoms in total. The van der Waals surface area contributed by atoms with Crippen LogP contribution in [-0.2, 0) is 16.1 Å². The summed E-state index contributed by atoms with van der Waals surface area (Å²) in [6.45, 7) is 8.17. The van der Waals surface area contributed by atoms with E-state index < -0.39 is 12.1 Å². The number of amides is 2. The average Bonchev–Trinajstić information content (AvgIpc) is 2.42. The van der Waals surface area contributed by atoms with Crippen LogP contribution in [0.2, 0.25) is 0 Å². The Morgan fingerprint density at radius 1 is 1.29 bits per heavy atom. The van der Waals surface area contributed by atoms with Crippen molar-refractivity contribution in [3.63, 3.8) is 0 Å². The summed E-state index contributed by atoms with van der Waals surface area (Å²) in [7, 11) is 0. The molecule has 2 rings (SSSR count). The van der Waals surface area contributed by atoms with E-state index in [-0.39, 0.29) is 17.2 Å². The topological polar surface area (TPSA) is 62.3 Å². The molecule has 2 unspecified atom stereocenters. The Balaban J connectivity index is 2.29. The lowest BCUT2D eigenvalue weighted by molar-refractivity contribution is -0.153. The molecule has 1 aliphatic rings. The van der Waals surface area contributed by atoms with Crippen molar-refractivity contribution in [1.82, 2.24) is 15.2 Å². The third-order valence-corrected chi connectivity index (χ3v) is 3.81. The van der Waals surface area contributed by atoms with Crippen LogP contribution >= 0.6 is 0 Å². The minimum absolute atomic E-state index is 0.0281. The van der Waals surface area contributed by atoms with Gasteiger partial charge in [0, 0.05) is 6.20 Å². The second kappa shape index (κ2) is 5.84. The van der Waals surface area contributed by atoms with Gasteiger partial charge in [0.15, 0.2) is 0 Å². The largest absolute Gasteiger partial charge is 0.342 e. The summed E-state index contributed by atoms with van der Waals surface area (Å²) in [5.74, 6) is -0.104. The number of carbonyl (C=O) groups is 2. The van der Waals surface area contributed by atoms with Crippen molar-refractivity contribution in [2.75, 3.05) is 0 Å². The van der Waals surface area contributed by atoms with E-state index in [4.69, 9.17) is 0 Å². The maximum absolute atomic E-state index is 12.8. The van der Waals surface area contributed by atoms with Crippen LogP contribution in [0.3, 0.4) is 0 Å². The van der Waals surface area contributed by atoms with Gasteiger partial charge in [-0.15, -0.1) is 0 Å². The zero-order chi connectivity index (χ0) is 15.6. The van der Waals surface area contributed by atoms with Gasteiger partial charge in [-0.25, -0.2) is 0 Å². The monoisotopic (exact) mass is 289 g/mol. The highest BCUT2D eigenvalue weighted by Gasteiger charge is 2.44. The Morgan fingerprint density at radius 2 is 2.00 bits per heavy atom. The lowest BCUT2D eigenvalue weighted by Gasteiger charge is -2.43. The number of hydrogen-bond acceptors (Lipinski definition) is 3. The zero-order valence-electron chi connectivity index (χ0n) is 13.1. The van der Waals surface area contributed by atoms with Crippen molar-refractivity contribution in [3.8, 4) is 0 Å². The van der Waals surface area contributed by atoms with Crippen molar-refractivity contribution >= 4 is 11.8 Å². The number of nitrogens with one attached hydrogen (secondary N) is 1. The van der Waals surface area contributed by atoms with Gasteiger partial charge in [0.05, 0.1) is 12.2 Å². The predicted molar refractivity (Wildman–Crippen MR) is 80.3 cm³/mol. The standard InChI is InChI=1S/C16H23N3O2/c1-5-12-14(20)18-13(16(2,3)4)15(21)19(12)10-11-8-6-7-9-17-11/h6-9,12-13H,5,10H2,1-4H3,(H,18,20). The molecule has 1 aromatic rings. The smallest absolute Gasteiger partial charge is 0.246 e. The van der Waals surface area contributed by atoms with Gasteiger partial charge >= 0.3 is 0 Å². The van der Waals surface area contributed by atoms with Gasteiger partial charge in [-0.1, -0.05) is 33.8 Å². The highest BCUT2D eigenvalue weighted by atomic mass is 16.2. The van der Waals surface area contributed by atoms with Crippen LogP contribution in [0.4, 0.5) is 0 Å². The zero-order valence-corrected chi connectivity index (χ0v) is 13.1. The Kier molecular flexibility index (Phi) is 4.30. The molecule has 2 atom stereocenters. The molecule has 1 aliphatic heterocycles. The number of hydrogen-bond donors (Lipinski definition) is 1. The van der Waals surface area contributed by atoms with E-state index in [1.54, 1.807) is 11.1 Å². The molecule has 0 saturated carbocycles. The number of aromatic nitrogens is 1. The highest BCUT2D eigenvalue weighted by Crippen LogP contribution is 2.26. The lowest BCUT2D eigenvalue weighted by atomic mass is 9.83. The molecule has 114 valence electrons. The van der Waals surface area contributed by atoms with Crippen LogP contribution in [-0.4, -0.2) is 33.8 Å². The summed E-state index contributed by atoms with van der Waals surface area (Å²) in [5, 5.41) is 2.87. The molecular weight excluding hydrogens is 266 g/mol. The van der Waals surface area contributed by atoms with Crippen molar-refractivity contribution in [2.45, 2.75) is 52.7 Å². The van der Waals surface area contributed by atoms with Crippen LogP contribution < -0.4 is 5.32 Å². The SMILES string of the molecule is CCC1C(=O)NC(C(C)(C)C)C(=O)N1Cc1ccccn1. The normalized spacial score (nSPS) is 23.1. The molecular formula is C16H23N3O2. The van der Waals surface area contributed by atoms with Gasteiger partial charge in [0.25, 0.3) is 0 Å². The summed E-state index contributed by atoms with van der Waals surface area (Å²) in [6, 6.07) is 4.69. The summed E-state index contributed by atoms with van der Waals surface area (Å²) in [5.41, 5.74) is 0.486. The number of nitrogens with zero attached hydrogens (tertiary/aromatic N) is 2. The Bertz CT molecular complexity index is 522. The first-order chi connectivity index (χ1) is 9.84. The van der Waals surface area contributed by atoms with Crippen LogP contribution in [0.15, 0.2) is 24.4 Å². The van der Waals surface area contributed by atoms with Gasteiger partial charge in [-0.2, -0.15) is 0 Å². The van der Waals surface area contributed by atoms with Gasteiger partial charge in [-0.05, 0) is 24.0 Å². The molecule has 0 aromatic carbocycles. The fourth-order valence-corrected chi connectivity index (χ4v) is 2.61. The number of piperazine rings is 1. The molecule has 21 heavy (non-hydrogen) atoms. The van der Waals surface area contributed by atoms with Gasteiger partial charge in [0.2, 0.25) is 11.8 Å². The first kappa shape index (κ1) is 15.5. The highest BCUT2D eigenvalue weighted by molar-refractivity contribution is 5.97. The maximum atomic E-state index is 12.8. The molecule has 2 amide bonds. The molecule has 0 spiro atoms. The van der Waals surface area contributed by atoms with Crippen LogP contribution in [0.5, 0.6) is 0 Å². The minimum atomic E-state index is -0.489. The second-order valence-corrected chi connectivity index (χ2v) is 6.52. The van der Waals surface area contributed by atoms with Crippen molar-refractivity contribution in [3.05, 3.63) is 30.1 Å². The van der Waals surface area contributed by atoms with Crippen molar-refractivity contribution in [2.24, 2.45) is 5.41 Å². The fraction of sp³-hybridized carbons (Fsp3) is 0.562. The Morgan fingerprint density at radius 3 is 2.52 bits per heavy atom. The summed E-state index contributed by atoms with van der Waals surface area (Å²) < 4.78 is 0. The van der Waals surface area contributed by atoms with E-state index >= 15 is 0 Å². The van der Waals surface area contributed by atoms with E-state index in [1.807, 2.05) is 45.9 Å². The lowest BCUT2D eigenvalue weighted by Crippen LogP contribution is -2.66. The Hall–Kier alpha value is -1.91. The van der Waals surface area contributed by atoms with Gasteiger partial charge < -0.3 is 10.2 Å². The molecule has 1 aromatic heterocycles. The van der Waals surface area contributed by atoms with E-state index in [0.717, 1.165) is 5.69 Å². The van der Waals surface area contributed by atoms with E-state index in [0.29, 0.717) is 13.0 Å². The third-order valence-electron chi connectivity index (χ3n) is 3.81. The van der Waals surface area contributed by atoms with E-state index in [2.05, 4.69) is 10.3 Å². The molecule has 1 fully saturated rings.